The van der Waals surface area contributed by atoms with Crippen LogP contribution in [0.1, 0.15) is 12.5 Å². The van der Waals surface area contributed by atoms with Gasteiger partial charge in [-0.1, -0.05) is 12.1 Å². The number of carbonyl (C=O) groups is 1. The molecule has 1 aliphatic heterocycles. The summed E-state index contributed by atoms with van der Waals surface area (Å²) in [6.45, 7) is 0.458. The number of amides is 1. The lowest BCUT2D eigenvalue weighted by Crippen LogP contribution is -2.32. The van der Waals surface area contributed by atoms with Crippen LogP contribution < -0.4 is 15.4 Å². The van der Waals surface area contributed by atoms with E-state index in [-0.39, 0.29) is 11.8 Å². The van der Waals surface area contributed by atoms with E-state index in [1.54, 1.807) is 36.3 Å². The van der Waals surface area contributed by atoms with Gasteiger partial charge >= 0.3 is 5.76 Å². The van der Waals surface area contributed by atoms with Crippen LogP contribution in [0.2, 0.25) is 0 Å². The summed E-state index contributed by atoms with van der Waals surface area (Å²) in [5.41, 5.74) is 0.667. The number of anilines is 1. The van der Waals surface area contributed by atoms with Crippen molar-refractivity contribution in [1.82, 2.24) is 9.78 Å². The first kappa shape index (κ1) is 15.3. The molecule has 3 heterocycles. The first-order valence-electron chi connectivity index (χ1n) is 7.77. The number of nitrogens with zero attached hydrogens (tertiary/aromatic N) is 3. The van der Waals surface area contributed by atoms with Gasteiger partial charge in [-0.05, 0) is 30.7 Å². The molecule has 0 N–H and O–H groups in total. The monoisotopic (exact) mass is 341 g/mol. The number of methoxy groups -OCH3 is 1. The lowest BCUT2D eigenvalue weighted by Gasteiger charge is -2.19. The zero-order valence-corrected chi connectivity index (χ0v) is 13.4. The summed E-state index contributed by atoms with van der Waals surface area (Å²) in [6.07, 6.45) is 1.90. The summed E-state index contributed by atoms with van der Waals surface area (Å²) >= 11 is 0. The highest BCUT2D eigenvalue weighted by Gasteiger charge is 2.37. The lowest BCUT2D eigenvalue weighted by atomic mass is 10.2. The van der Waals surface area contributed by atoms with E-state index in [1.165, 1.54) is 6.26 Å². The largest absolute Gasteiger partial charge is 0.495 e. The standard InChI is InChI=1S/C17H15N3O5/c1-23-13-6-3-2-5-11(13)19-9-8-12(16(19)21)20-17(22)25-15(18-20)14-7-4-10-24-14/h2-7,10,12H,8-9H2,1H3/t12-/m0/s1. The number of aromatic nitrogens is 2. The second-order valence-electron chi connectivity index (χ2n) is 5.56. The maximum atomic E-state index is 12.8. The van der Waals surface area contributed by atoms with E-state index in [0.717, 1.165) is 4.68 Å². The maximum absolute atomic E-state index is 12.8. The summed E-state index contributed by atoms with van der Waals surface area (Å²) in [7, 11) is 1.55. The summed E-state index contributed by atoms with van der Waals surface area (Å²) < 4.78 is 16.7. The molecule has 4 rings (SSSR count). The van der Waals surface area contributed by atoms with Crippen molar-refractivity contribution in [3.05, 3.63) is 53.2 Å². The Labute approximate surface area is 142 Å². The van der Waals surface area contributed by atoms with Gasteiger partial charge in [0.15, 0.2) is 5.76 Å². The molecule has 1 saturated heterocycles. The van der Waals surface area contributed by atoms with E-state index in [4.69, 9.17) is 13.6 Å². The van der Waals surface area contributed by atoms with Crippen LogP contribution in [0.5, 0.6) is 5.75 Å². The molecule has 0 saturated carbocycles. The van der Waals surface area contributed by atoms with Crippen LogP contribution in [0.25, 0.3) is 11.7 Å². The molecule has 8 heteroatoms. The van der Waals surface area contributed by atoms with Crippen LogP contribution >= 0.6 is 0 Å². The van der Waals surface area contributed by atoms with E-state index in [1.807, 2.05) is 12.1 Å². The molecule has 8 nitrogen and oxygen atoms in total. The molecule has 0 radical (unpaired) electrons. The average molecular weight is 341 g/mol. The van der Waals surface area contributed by atoms with Gasteiger partial charge in [-0.15, -0.1) is 5.10 Å². The number of rotatable bonds is 4. The van der Waals surface area contributed by atoms with Gasteiger partial charge in [0.05, 0.1) is 19.1 Å². The van der Waals surface area contributed by atoms with Crippen LogP contribution in [0.4, 0.5) is 5.69 Å². The van der Waals surface area contributed by atoms with Crippen LogP contribution in [0.3, 0.4) is 0 Å². The summed E-state index contributed by atoms with van der Waals surface area (Å²) in [6, 6.07) is 9.83. The van der Waals surface area contributed by atoms with Gasteiger partial charge in [-0.3, -0.25) is 4.79 Å². The first-order valence-corrected chi connectivity index (χ1v) is 7.77. The Balaban J connectivity index is 1.66. The number of para-hydroxylation sites is 2. The molecule has 1 aliphatic rings. The van der Waals surface area contributed by atoms with Crippen LogP contribution in [-0.4, -0.2) is 29.3 Å². The molecule has 0 bridgehead atoms. The Morgan fingerprint density at radius 2 is 2.04 bits per heavy atom. The lowest BCUT2D eigenvalue weighted by molar-refractivity contribution is -0.120. The normalized spacial score (nSPS) is 17.2. The number of furan rings is 1. The topological polar surface area (TPSA) is 90.7 Å². The van der Waals surface area contributed by atoms with Gasteiger partial charge in [-0.2, -0.15) is 4.68 Å². The van der Waals surface area contributed by atoms with Crippen molar-refractivity contribution in [3.63, 3.8) is 0 Å². The zero-order valence-electron chi connectivity index (χ0n) is 13.4. The smallest absolute Gasteiger partial charge is 0.438 e. The minimum atomic E-state index is -0.718. The molecule has 3 aromatic rings. The van der Waals surface area contributed by atoms with Crippen molar-refractivity contribution < 1.29 is 18.4 Å². The Kier molecular flexibility index (Phi) is 3.64. The summed E-state index contributed by atoms with van der Waals surface area (Å²) in [5, 5.41) is 4.12. The highest BCUT2D eigenvalue weighted by Crippen LogP contribution is 2.34. The number of hydrogen-bond donors (Lipinski definition) is 0. The van der Waals surface area contributed by atoms with Gasteiger partial charge < -0.3 is 18.5 Å². The van der Waals surface area contributed by atoms with Crippen molar-refractivity contribution in [2.75, 3.05) is 18.6 Å². The Morgan fingerprint density at radius 1 is 1.20 bits per heavy atom. The third-order valence-corrected chi connectivity index (χ3v) is 4.15. The van der Waals surface area contributed by atoms with E-state index >= 15 is 0 Å². The van der Waals surface area contributed by atoms with Gasteiger partial charge in [0, 0.05) is 6.54 Å². The van der Waals surface area contributed by atoms with E-state index in [0.29, 0.717) is 30.2 Å². The fourth-order valence-corrected chi connectivity index (χ4v) is 2.97. The van der Waals surface area contributed by atoms with Crippen LogP contribution in [0, 0.1) is 0 Å². The third kappa shape index (κ3) is 2.51. The average Bonchev–Trinajstić information content (AvgIpc) is 3.35. The summed E-state index contributed by atoms with van der Waals surface area (Å²) in [4.78, 5) is 26.6. The quantitative estimate of drug-likeness (QED) is 0.722. The van der Waals surface area contributed by atoms with Gasteiger partial charge in [0.2, 0.25) is 0 Å². The number of benzene rings is 1. The molecule has 25 heavy (non-hydrogen) atoms. The van der Waals surface area contributed by atoms with Crippen molar-refractivity contribution >= 4 is 11.6 Å². The third-order valence-electron chi connectivity index (χ3n) is 4.15. The predicted molar refractivity (Wildman–Crippen MR) is 87.5 cm³/mol. The molecule has 1 fully saturated rings. The molecule has 1 amide bonds. The van der Waals surface area contributed by atoms with Crippen LogP contribution in [-0.2, 0) is 4.79 Å². The maximum Gasteiger partial charge on any atom is 0.438 e. The van der Waals surface area contributed by atoms with Crippen molar-refractivity contribution in [2.45, 2.75) is 12.5 Å². The van der Waals surface area contributed by atoms with E-state index < -0.39 is 11.8 Å². The second-order valence-corrected chi connectivity index (χ2v) is 5.56. The highest BCUT2D eigenvalue weighted by atomic mass is 16.5. The molecule has 0 spiro atoms. The minimum Gasteiger partial charge on any atom is -0.495 e. The zero-order chi connectivity index (χ0) is 17.4. The Morgan fingerprint density at radius 3 is 2.80 bits per heavy atom. The fraction of sp³-hybridized carbons (Fsp3) is 0.235. The first-order chi connectivity index (χ1) is 12.2. The second kappa shape index (κ2) is 5.97. The number of ether oxygens (including phenoxy) is 1. The van der Waals surface area contributed by atoms with Crippen molar-refractivity contribution in [1.29, 1.82) is 0 Å². The van der Waals surface area contributed by atoms with Crippen LogP contribution in [0.15, 0.2) is 56.3 Å². The van der Waals surface area contributed by atoms with Gasteiger partial charge in [-0.25, -0.2) is 4.79 Å². The molecule has 0 unspecified atom stereocenters. The van der Waals surface area contributed by atoms with E-state index in [9.17, 15) is 9.59 Å². The van der Waals surface area contributed by atoms with Gasteiger partial charge in [0.25, 0.3) is 11.8 Å². The molecule has 0 aliphatic carbocycles. The van der Waals surface area contributed by atoms with Gasteiger partial charge in [0.1, 0.15) is 11.8 Å². The molecule has 128 valence electrons. The van der Waals surface area contributed by atoms with Crippen molar-refractivity contribution in [2.24, 2.45) is 0 Å². The fourth-order valence-electron chi connectivity index (χ4n) is 2.97. The summed E-state index contributed by atoms with van der Waals surface area (Å²) in [5.74, 6) is 0.0687. The molecular formula is C17H15N3O5. The SMILES string of the molecule is COc1ccccc1N1CC[C@H](n2nc(-c3ccco3)oc2=O)C1=O. The predicted octanol–water partition coefficient (Wildman–Crippen LogP) is 2.08. The molecule has 1 atom stereocenters. The highest BCUT2D eigenvalue weighted by molar-refractivity contribution is 5.99. The Hall–Kier alpha value is -3.29. The number of carbonyl (C=O) groups excluding carboxylic acids is 1. The Bertz CT molecular complexity index is 957. The minimum absolute atomic E-state index is 0.0542. The van der Waals surface area contributed by atoms with E-state index in [2.05, 4.69) is 5.10 Å². The van der Waals surface area contributed by atoms with Crippen molar-refractivity contribution in [3.8, 4) is 17.4 Å². The molecule has 2 aromatic heterocycles. The molecule has 1 aromatic carbocycles. The molecular weight excluding hydrogens is 326 g/mol. The number of hydrogen-bond acceptors (Lipinski definition) is 6.